The number of thiophene rings is 1. The number of hydrogen-bond donors (Lipinski definition) is 2. The molecule has 0 aromatic carbocycles. The smallest absolute Gasteiger partial charge is 0.262 e. The van der Waals surface area contributed by atoms with Gasteiger partial charge in [-0.1, -0.05) is 6.42 Å². The van der Waals surface area contributed by atoms with E-state index in [-0.39, 0.29) is 22.2 Å². The summed E-state index contributed by atoms with van der Waals surface area (Å²) in [5.41, 5.74) is 0. The van der Waals surface area contributed by atoms with Crippen molar-refractivity contribution in [3.8, 4) is 0 Å². The van der Waals surface area contributed by atoms with Gasteiger partial charge >= 0.3 is 0 Å². The molecule has 2 N–H and O–H groups in total. The lowest BCUT2D eigenvalue weighted by Crippen LogP contribution is -2.37. The fraction of sp³-hybridized carbons (Fsp3) is 0.571. The van der Waals surface area contributed by atoms with Crippen molar-refractivity contribution in [3.63, 3.8) is 0 Å². The summed E-state index contributed by atoms with van der Waals surface area (Å²) in [5.74, 6) is -0.607. The number of hydrogen-bond acceptors (Lipinski definition) is 5. The Kier molecular flexibility index (Phi) is 6.14. The Hall–Kier alpha value is -1.45. The van der Waals surface area contributed by atoms with E-state index in [0.29, 0.717) is 19.6 Å². The number of sulfonamides is 1. The number of amides is 2. The summed E-state index contributed by atoms with van der Waals surface area (Å²) < 4.78 is 26.8. The van der Waals surface area contributed by atoms with Gasteiger partial charge in [0.25, 0.3) is 5.91 Å². The summed E-state index contributed by atoms with van der Waals surface area (Å²) in [6.07, 6.45) is 2.73. The summed E-state index contributed by atoms with van der Waals surface area (Å²) >= 11 is 1.11. The molecule has 7 nitrogen and oxygen atoms in total. The van der Waals surface area contributed by atoms with E-state index in [9.17, 15) is 18.0 Å². The van der Waals surface area contributed by atoms with E-state index in [1.54, 1.807) is 5.38 Å². The van der Waals surface area contributed by atoms with Gasteiger partial charge in [0.15, 0.2) is 0 Å². The van der Waals surface area contributed by atoms with Crippen LogP contribution < -0.4 is 10.6 Å². The number of nitrogens with zero attached hydrogens (tertiary/aromatic N) is 1. The number of carbonyl (C=O) groups excluding carboxylic acids is 2. The van der Waals surface area contributed by atoms with Crippen LogP contribution in [0.1, 0.15) is 35.9 Å². The van der Waals surface area contributed by atoms with Crippen LogP contribution in [-0.2, 0) is 14.8 Å². The molecule has 2 heterocycles. The van der Waals surface area contributed by atoms with E-state index in [1.807, 2.05) is 0 Å². The summed E-state index contributed by atoms with van der Waals surface area (Å²) in [4.78, 5) is 23.2. The summed E-state index contributed by atoms with van der Waals surface area (Å²) in [6, 6.07) is 1.48. The lowest BCUT2D eigenvalue weighted by Gasteiger charge is -2.25. The highest BCUT2D eigenvalue weighted by molar-refractivity contribution is 7.89. The molecule has 1 fully saturated rings. The molecule has 2 rings (SSSR count). The van der Waals surface area contributed by atoms with Gasteiger partial charge in [-0.2, -0.15) is 4.31 Å². The average molecular weight is 359 g/mol. The minimum atomic E-state index is -3.63. The Morgan fingerprint density at radius 2 is 1.83 bits per heavy atom. The lowest BCUT2D eigenvalue weighted by molar-refractivity contribution is -0.118. The summed E-state index contributed by atoms with van der Waals surface area (Å²) in [7, 11) is -3.63. The minimum Gasteiger partial charge on any atom is -0.355 e. The maximum absolute atomic E-state index is 12.7. The highest BCUT2D eigenvalue weighted by Crippen LogP contribution is 2.27. The normalized spacial score (nSPS) is 16.0. The van der Waals surface area contributed by atoms with Gasteiger partial charge in [0.05, 0.1) is 0 Å². The zero-order valence-electron chi connectivity index (χ0n) is 13.0. The third-order valence-corrected chi connectivity index (χ3v) is 6.54. The molecule has 23 heavy (non-hydrogen) atoms. The van der Waals surface area contributed by atoms with Gasteiger partial charge in [0.1, 0.15) is 9.77 Å². The number of rotatable bonds is 6. The van der Waals surface area contributed by atoms with Gasteiger partial charge in [-0.25, -0.2) is 8.42 Å². The molecule has 1 aliphatic rings. The van der Waals surface area contributed by atoms with Crippen LogP contribution in [0.25, 0.3) is 0 Å². The second-order valence-corrected chi connectivity index (χ2v) is 8.14. The molecule has 1 aromatic rings. The van der Waals surface area contributed by atoms with Crippen molar-refractivity contribution >= 4 is 33.2 Å². The minimum absolute atomic E-state index is 0.0708. The Labute approximate surface area is 140 Å². The second-order valence-electron chi connectivity index (χ2n) is 5.32. The molecule has 0 aliphatic carbocycles. The summed E-state index contributed by atoms with van der Waals surface area (Å²) in [5, 5.41) is 6.81. The molecule has 1 saturated heterocycles. The van der Waals surface area contributed by atoms with Crippen molar-refractivity contribution in [1.82, 2.24) is 14.9 Å². The highest BCUT2D eigenvalue weighted by atomic mass is 32.2. The van der Waals surface area contributed by atoms with E-state index in [1.165, 1.54) is 17.3 Å². The molecule has 0 saturated carbocycles. The third kappa shape index (κ3) is 4.52. The maximum atomic E-state index is 12.7. The molecule has 1 aliphatic heterocycles. The predicted molar refractivity (Wildman–Crippen MR) is 87.9 cm³/mol. The van der Waals surface area contributed by atoms with Crippen LogP contribution in [0.15, 0.2) is 16.3 Å². The number of piperidine rings is 1. The van der Waals surface area contributed by atoms with Gasteiger partial charge in [-0.15, -0.1) is 11.3 Å². The van der Waals surface area contributed by atoms with E-state index in [0.717, 1.165) is 30.6 Å². The zero-order chi connectivity index (χ0) is 16.9. The second kappa shape index (κ2) is 7.89. The largest absolute Gasteiger partial charge is 0.355 e. The van der Waals surface area contributed by atoms with Gasteiger partial charge in [-0.05, 0) is 24.3 Å². The van der Waals surface area contributed by atoms with Gasteiger partial charge < -0.3 is 10.6 Å². The molecule has 0 spiro atoms. The molecule has 0 unspecified atom stereocenters. The average Bonchev–Trinajstić information content (AvgIpc) is 3.02. The van der Waals surface area contributed by atoms with Crippen molar-refractivity contribution < 1.29 is 18.0 Å². The maximum Gasteiger partial charge on any atom is 0.262 e. The fourth-order valence-electron chi connectivity index (χ4n) is 2.41. The standard InChI is InChI=1S/C14H21N3O4S2/c1-11(18)15-6-7-16-14(19)13-12(5-10-22-13)23(20,21)17-8-3-2-4-9-17/h5,10H,2-4,6-9H2,1H3,(H,15,18)(H,16,19). The van der Waals surface area contributed by atoms with Crippen molar-refractivity contribution in [1.29, 1.82) is 0 Å². The first kappa shape index (κ1) is 17.9. The van der Waals surface area contributed by atoms with Crippen LogP contribution in [0.5, 0.6) is 0 Å². The quantitative estimate of drug-likeness (QED) is 0.734. The Bertz CT molecular complexity index is 663. The molecule has 2 amide bonds. The van der Waals surface area contributed by atoms with Crippen LogP contribution in [0, 0.1) is 0 Å². The monoisotopic (exact) mass is 359 g/mol. The van der Waals surface area contributed by atoms with E-state index in [4.69, 9.17) is 0 Å². The molecule has 9 heteroatoms. The van der Waals surface area contributed by atoms with Crippen LogP contribution in [-0.4, -0.2) is 50.7 Å². The van der Waals surface area contributed by atoms with Gasteiger partial charge in [-0.3, -0.25) is 9.59 Å². The Morgan fingerprint density at radius 1 is 1.17 bits per heavy atom. The van der Waals surface area contributed by atoms with Gasteiger partial charge in [0.2, 0.25) is 15.9 Å². The molecule has 0 atom stereocenters. The first-order valence-corrected chi connectivity index (χ1v) is 9.85. The summed E-state index contributed by atoms with van der Waals surface area (Å²) in [6.45, 7) is 2.95. The van der Waals surface area contributed by atoms with Crippen molar-refractivity contribution in [2.75, 3.05) is 26.2 Å². The van der Waals surface area contributed by atoms with Crippen molar-refractivity contribution in [2.45, 2.75) is 31.1 Å². The third-order valence-electron chi connectivity index (χ3n) is 3.55. The van der Waals surface area contributed by atoms with E-state index >= 15 is 0 Å². The van der Waals surface area contributed by atoms with E-state index in [2.05, 4.69) is 10.6 Å². The Balaban J connectivity index is 2.06. The van der Waals surface area contributed by atoms with Crippen LogP contribution >= 0.6 is 11.3 Å². The van der Waals surface area contributed by atoms with Crippen LogP contribution in [0.4, 0.5) is 0 Å². The van der Waals surface area contributed by atoms with E-state index < -0.39 is 15.9 Å². The molecule has 0 bridgehead atoms. The molecular weight excluding hydrogens is 338 g/mol. The molecule has 0 radical (unpaired) electrons. The van der Waals surface area contributed by atoms with Crippen LogP contribution in [0.2, 0.25) is 0 Å². The lowest BCUT2D eigenvalue weighted by atomic mass is 10.2. The Morgan fingerprint density at radius 3 is 2.48 bits per heavy atom. The molecule has 1 aromatic heterocycles. The fourth-order valence-corrected chi connectivity index (χ4v) is 5.24. The topological polar surface area (TPSA) is 95.6 Å². The molecule has 128 valence electrons. The molecular formula is C14H21N3O4S2. The van der Waals surface area contributed by atoms with Gasteiger partial charge in [0, 0.05) is 33.1 Å². The SMILES string of the molecule is CC(=O)NCCNC(=O)c1sccc1S(=O)(=O)N1CCCCC1. The predicted octanol–water partition coefficient (Wildman–Crippen LogP) is 0.789. The van der Waals surface area contributed by atoms with Crippen molar-refractivity contribution in [2.24, 2.45) is 0 Å². The van der Waals surface area contributed by atoms with Crippen LogP contribution in [0.3, 0.4) is 0 Å². The zero-order valence-corrected chi connectivity index (χ0v) is 14.6. The first-order valence-electron chi connectivity index (χ1n) is 7.53. The first-order chi connectivity index (χ1) is 10.9. The number of nitrogens with one attached hydrogen (secondary N) is 2. The van der Waals surface area contributed by atoms with Crippen molar-refractivity contribution in [3.05, 3.63) is 16.3 Å². The highest BCUT2D eigenvalue weighted by Gasteiger charge is 2.30. The number of carbonyl (C=O) groups is 2.